The fourth-order valence-corrected chi connectivity index (χ4v) is 10.1. The zero-order chi connectivity index (χ0) is 54.3. The highest BCUT2D eigenvalue weighted by molar-refractivity contribution is 5.71. The van der Waals surface area contributed by atoms with E-state index < -0.39 is 6.10 Å². The predicted molar refractivity (Wildman–Crippen MR) is 326 cm³/mol. The molecule has 0 aromatic heterocycles. The molecule has 0 spiro atoms. The van der Waals surface area contributed by atoms with Crippen molar-refractivity contribution in [1.82, 2.24) is 0 Å². The second-order valence-electron chi connectivity index (χ2n) is 22.7. The number of carbonyl (C=O) groups excluding carboxylic acids is 3. The molecular weight excluding hydrogens is 925 g/mol. The van der Waals surface area contributed by atoms with Crippen molar-refractivity contribution < 1.29 is 28.6 Å². The maximum Gasteiger partial charge on any atom is 0.306 e. The smallest absolute Gasteiger partial charge is 0.306 e. The number of hydrogen-bond donors (Lipinski definition) is 0. The standard InChI is InChI=1S/C69H128O6/c1-4-7-10-13-16-19-21-23-25-27-29-31-32-33-34-35-36-37-39-40-42-44-46-48-50-53-56-59-62-68(71)74-65-66(64-73-67(70)61-58-55-52-18-15-12-9-6-3)75-69(72)63-60-57-54-51-49-47-45-43-41-38-30-28-26-24-22-20-17-14-11-8-5-2/h22,24,28,30,41,43,66H,4-21,23,25-27,29,31-40,42,44-65H2,1-3H3/b24-22-,30-28-,43-41-. The van der Waals surface area contributed by atoms with Gasteiger partial charge in [-0.25, -0.2) is 0 Å². The van der Waals surface area contributed by atoms with E-state index in [0.717, 1.165) is 77.0 Å². The average Bonchev–Trinajstić information content (AvgIpc) is 3.41. The second-order valence-corrected chi connectivity index (χ2v) is 22.7. The van der Waals surface area contributed by atoms with Gasteiger partial charge in [0.25, 0.3) is 0 Å². The van der Waals surface area contributed by atoms with E-state index in [2.05, 4.69) is 57.2 Å². The molecule has 0 fully saturated rings. The van der Waals surface area contributed by atoms with Gasteiger partial charge in [-0.2, -0.15) is 0 Å². The Morgan fingerprint density at radius 1 is 0.267 bits per heavy atom. The second kappa shape index (κ2) is 64.2. The topological polar surface area (TPSA) is 78.9 Å². The van der Waals surface area contributed by atoms with Crippen LogP contribution in [0.4, 0.5) is 0 Å². The molecule has 0 aromatic rings. The van der Waals surface area contributed by atoms with E-state index >= 15 is 0 Å². The Balaban J connectivity index is 4.10. The van der Waals surface area contributed by atoms with Gasteiger partial charge in [0, 0.05) is 19.3 Å². The average molecular weight is 1050 g/mol. The number of ether oxygens (including phenoxy) is 3. The van der Waals surface area contributed by atoms with Gasteiger partial charge in [-0.3, -0.25) is 14.4 Å². The Bertz CT molecular complexity index is 1250. The predicted octanol–water partition coefficient (Wildman–Crippen LogP) is 22.8. The molecule has 0 saturated heterocycles. The molecule has 0 aromatic carbocycles. The monoisotopic (exact) mass is 1050 g/mol. The first-order valence-electron chi connectivity index (χ1n) is 33.5. The van der Waals surface area contributed by atoms with Crippen molar-refractivity contribution >= 4 is 17.9 Å². The van der Waals surface area contributed by atoms with Crippen LogP contribution in [0, 0.1) is 0 Å². The summed E-state index contributed by atoms with van der Waals surface area (Å²) < 4.78 is 16.9. The van der Waals surface area contributed by atoms with Gasteiger partial charge < -0.3 is 14.2 Å². The highest BCUT2D eigenvalue weighted by Gasteiger charge is 2.19. The molecule has 6 heteroatoms. The van der Waals surface area contributed by atoms with Crippen LogP contribution in [0.5, 0.6) is 0 Å². The molecule has 0 N–H and O–H groups in total. The lowest BCUT2D eigenvalue weighted by molar-refractivity contribution is -0.167. The molecule has 0 aliphatic carbocycles. The molecule has 0 aliphatic heterocycles. The van der Waals surface area contributed by atoms with Crippen LogP contribution in [0.2, 0.25) is 0 Å². The fourth-order valence-electron chi connectivity index (χ4n) is 10.1. The molecule has 440 valence electrons. The van der Waals surface area contributed by atoms with Crippen LogP contribution in [0.15, 0.2) is 36.5 Å². The quantitative estimate of drug-likeness (QED) is 0.0261. The van der Waals surface area contributed by atoms with Crippen molar-refractivity contribution in [3.63, 3.8) is 0 Å². The van der Waals surface area contributed by atoms with Gasteiger partial charge in [0.2, 0.25) is 0 Å². The summed E-state index contributed by atoms with van der Waals surface area (Å²) in [5, 5.41) is 0. The van der Waals surface area contributed by atoms with Crippen molar-refractivity contribution in [3.05, 3.63) is 36.5 Å². The normalized spacial score (nSPS) is 12.2. The van der Waals surface area contributed by atoms with E-state index in [0.29, 0.717) is 19.3 Å². The first kappa shape index (κ1) is 72.6. The number of carbonyl (C=O) groups is 3. The molecule has 0 saturated carbocycles. The molecule has 0 rings (SSSR count). The summed E-state index contributed by atoms with van der Waals surface area (Å²) in [5.74, 6) is -0.868. The molecule has 1 unspecified atom stereocenters. The van der Waals surface area contributed by atoms with E-state index in [4.69, 9.17) is 14.2 Å². The number of rotatable bonds is 62. The number of allylic oxidation sites excluding steroid dienone is 6. The Kier molecular flexibility index (Phi) is 62.1. The molecule has 75 heavy (non-hydrogen) atoms. The third-order valence-electron chi connectivity index (χ3n) is 15.1. The molecule has 0 amide bonds. The van der Waals surface area contributed by atoms with Crippen LogP contribution in [0.25, 0.3) is 0 Å². The van der Waals surface area contributed by atoms with Crippen LogP contribution in [0.1, 0.15) is 367 Å². The zero-order valence-electron chi connectivity index (χ0n) is 50.6. The van der Waals surface area contributed by atoms with Gasteiger partial charge in [0.15, 0.2) is 6.10 Å². The van der Waals surface area contributed by atoms with Crippen LogP contribution in [-0.4, -0.2) is 37.2 Å². The third-order valence-corrected chi connectivity index (χ3v) is 15.1. The number of unbranched alkanes of at least 4 members (excludes halogenated alkanes) is 45. The van der Waals surface area contributed by atoms with Crippen LogP contribution < -0.4 is 0 Å². The Morgan fingerprint density at radius 2 is 0.480 bits per heavy atom. The fraction of sp³-hybridized carbons (Fsp3) is 0.870. The van der Waals surface area contributed by atoms with Gasteiger partial charge in [-0.15, -0.1) is 0 Å². The SMILES string of the molecule is CCCCCCC/C=C\C/C=C\C/C=C\CCCCCCCCC(=O)OC(COC(=O)CCCCCCCCCC)COC(=O)CCCCCCCCCCCCCCCCCCCCCCCCCCCCCC. The molecule has 0 bridgehead atoms. The van der Waals surface area contributed by atoms with Crippen LogP contribution in [-0.2, 0) is 28.6 Å². The van der Waals surface area contributed by atoms with Crippen LogP contribution in [0.3, 0.4) is 0 Å². The Morgan fingerprint density at radius 3 is 0.747 bits per heavy atom. The molecule has 0 radical (unpaired) electrons. The number of hydrogen-bond acceptors (Lipinski definition) is 6. The van der Waals surface area contributed by atoms with Crippen molar-refractivity contribution in [2.24, 2.45) is 0 Å². The van der Waals surface area contributed by atoms with Crippen molar-refractivity contribution in [3.8, 4) is 0 Å². The number of esters is 3. The van der Waals surface area contributed by atoms with E-state index in [1.54, 1.807) is 0 Å². The first-order valence-corrected chi connectivity index (χ1v) is 33.5. The zero-order valence-corrected chi connectivity index (χ0v) is 50.6. The maximum atomic E-state index is 12.9. The summed E-state index contributed by atoms with van der Waals surface area (Å²) in [5.41, 5.74) is 0. The van der Waals surface area contributed by atoms with Gasteiger partial charge in [0.05, 0.1) is 0 Å². The molecule has 1 atom stereocenters. The minimum Gasteiger partial charge on any atom is -0.462 e. The summed E-state index contributed by atoms with van der Waals surface area (Å²) in [6, 6.07) is 0. The van der Waals surface area contributed by atoms with E-state index in [1.807, 2.05) is 0 Å². The molecule has 6 nitrogen and oxygen atoms in total. The highest BCUT2D eigenvalue weighted by Crippen LogP contribution is 2.18. The minimum absolute atomic E-state index is 0.0729. The lowest BCUT2D eigenvalue weighted by Crippen LogP contribution is -2.30. The lowest BCUT2D eigenvalue weighted by Gasteiger charge is -2.18. The van der Waals surface area contributed by atoms with E-state index in [-0.39, 0.29) is 31.1 Å². The minimum atomic E-state index is -0.775. The molecule has 0 heterocycles. The van der Waals surface area contributed by atoms with Gasteiger partial charge >= 0.3 is 17.9 Å². The van der Waals surface area contributed by atoms with Gasteiger partial charge in [-0.1, -0.05) is 327 Å². The van der Waals surface area contributed by atoms with Gasteiger partial charge in [-0.05, 0) is 57.8 Å². The third kappa shape index (κ3) is 62.4. The molecule has 0 aliphatic rings. The van der Waals surface area contributed by atoms with E-state index in [1.165, 1.54) is 250 Å². The lowest BCUT2D eigenvalue weighted by atomic mass is 10.0. The Hall–Kier alpha value is -2.37. The maximum absolute atomic E-state index is 12.9. The molecular formula is C69H128O6. The summed E-state index contributed by atoms with van der Waals surface area (Å²) in [6.07, 6.45) is 79.0. The largest absolute Gasteiger partial charge is 0.462 e. The van der Waals surface area contributed by atoms with Crippen molar-refractivity contribution in [2.45, 2.75) is 374 Å². The van der Waals surface area contributed by atoms with E-state index in [9.17, 15) is 14.4 Å². The summed E-state index contributed by atoms with van der Waals surface area (Å²) >= 11 is 0. The summed E-state index contributed by atoms with van der Waals surface area (Å²) in [4.78, 5) is 38.2. The van der Waals surface area contributed by atoms with Crippen molar-refractivity contribution in [2.75, 3.05) is 13.2 Å². The van der Waals surface area contributed by atoms with Crippen LogP contribution >= 0.6 is 0 Å². The summed E-state index contributed by atoms with van der Waals surface area (Å²) in [7, 11) is 0. The highest BCUT2D eigenvalue weighted by atomic mass is 16.6. The Labute approximate surface area is 467 Å². The summed E-state index contributed by atoms with van der Waals surface area (Å²) in [6.45, 7) is 6.65. The first-order chi connectivity index (χ1) is 37.0. The van der Waals surface area contributed by atoms with Crippen molar-refractivity contribution in [1.29, 1.82) is 0 Å². The van der Waals surface area contributed by atoms with Gasteiger partial charge in [0.1, 0.15) is 13.2 Å².